The van der Waals surface area contributed by atoms with Gasteiger partial charge < -0.3 is 24.8 Å². The number of hydrogen-bond donors (Lipinski definition) is 2. The van der Waals surface area contributed by atoms with Gasteiger partial charge in [0.1, 0.15) is 12.6 Å². The third-order valence-corrected chi connectivity index (χ3v) is 6.80. The summed E-state index contributed by atoms with van der Waals surface area (Å²) in [6.45, 7) is 0.878. The molecule has 5 rings (SSSR count). The van der Waals surface area contributed by atoms with E-state index < -0.39 is 30.3 Å². The fourth-order valence-corrected chi connectivity index (χ4v) is 5.22. The molecule has 33 heavy (non-hydrogen) atoms. The fourth-order valence-electron chi connectivity index (χ4n) is 5.22. The number of carboxylic acids is 1. The summed E-state index contributed by atoms with van der Waals surface area (Å²) >= 11 is 0. The number of aliphatic carboxylic acids is 1. The average Bonchev–Trinajstić information content (AvgIpc) is 3.55. The number of ether oxygens (including phenoxy) is 2. The number of fused-ring (bicyclic) bond motifs is 3. The van der Waals surface area contributed by atoms with Crippen LogP contribution in [0.3, 0.4) is 0 Å². The Balaban J connectivity index is 1.23. The third-order valence-electron chi connectivity index (χ3n) is 6.80. The molecule has 2 aliphatic heterocycles. The summed E-state index contributed by atoms with van der Waals surface area (Å²) in [5, 5.41) is 12.1. The largest absolute Gasteiger partial charge is 0.480 e. The van der Waals surface area contributed by atoms with Crippen molar-refractivity contribution in [2.75, 3.05) is 19.8 Å². The quantitative estimate of drug-likeness (QED) is 0.726. The predicted molar refractivity (Wildman–Crippen MR) is 119 cm³/mol. The maximum atomic E-state index is 12.9. The van der Waals surface area contributed by atoms with E-state index in [2.05, 4.69) is 29.6 Å². The fraction of sp³-hybridized carbons (Fsp3) is 0.400. The topological polar surface area (TPSA) is 105 Å². The molecule has 2 fully saturated rings. The molecule has 2 saturated heterocycles. The molecule has 172 valence electrons. The third kappa shape index (κ3) is 3.95. The van der Waals surface area contributed by atoms with Crippen molar-refractivity contribution in [1.82, 2.24) is 10.2 Å². The minimum Gasteiger partial charge on any atom is -0.480 e. The number of alkyl carbamates (subject to hydrolysis) is 1. The van der Waals surface area contributed by atoms with Gasteiger partial charge >= 0.3 is 12.1 Å². The summed E-state index contributed by atoms with van der Waals surface area (Å²) in [5.74, 6) is -1.46. The van der Waals surface area contributed by atoms with Gasteiger partial charge in [0.15, 0.2) is 6.10 Å². The lowest BCUT2D eigenvalue weighted by Gasteiger charge is -2.27. The van der Waals surface area contributed by atoms with Gasteiger partial charge in [-0.05, 0) is 41.5 Å². The van der Waals surface area contributed by atoms with Crippen LogP contribution in [0.5, 0.6) is 0 Å². The molecule has 0 aromatic heterocycles. The molecule has 8 nitrogen and oxygen atoms in total. The van der Waals surface area contributed by atoms with Crippen LogP contribution in [0.15, 0.2) is 48.5 Å². The van der Waals surface area contributed by atoms with Crippen LogP contribution in [0.2, 0.25) is 0 Å². The van der Waals surface area contributed by atoms with Crippen LogP contribution in [-0.2, 0) is 19.1 Å². The molecule has 8 heteroatoms. The average molecular weight is 450 g/mol. The zero-order valence-electron chi connectivity index (χ0n) is 18.1. The molecule has 2 heterocycles. The lowest BCUT2D eigenvalue weighted by Crippen LogP contribution is -2.52. The Hall–Kier alpha value is -3.39. The monoisotopic (exact) mass is 450 g/mol. The van der Waals surface area contributed by atoms with Gasteiger partial charge in [-0.1, -0.05) is 48.5 Å². The summed E-state index contributed by atoms with van der Waals surface area (Å²) in [4.78, 5) is 38.4. The Morgan fingerprint density at radius 1 is 1.03 bits per heavy atom. The van der Waals surface area contributed by atoms with Crippen molar-refractivity contribution in [3.8, 4) is 11.1 Å². The van der Waals surface area contributed by atoms with Crippen LogP contribution >= 0.6 is 0 Å². The number of rotatable bonds is 5. The van der Waals surface area contributed by atoms with E-state index in [1.165, 1.54) is 4.90 Å². The maximum Gasteiger partial charge on any atom is 0.407 e. The highest BCUT2D eigenvalue weighted by atomic mass is 16.6. The van der Waals surface area contributed by atoms with Crippen molar-refractivity contribution in [2.45, 2.75) is 43.4 Å². The minimum atomic E-state index is -1.01. The molecule has 3 aliphatic rings. The molecular weight excluding hydrogens is 424 g/mol. The number of amides is 2. The number of hydrogen-bond acceptors (Lipinski definition) is 5. The second-order valence-electron chi connectivity index (χ2n) is 8.68. The number of benzene rings is 2. The van der Waals surface area contributed by atoms with Crippen molar-refractivity contribution in [2.24, 2.45) is 0 Å². The van der Waals surface area contributed by atoms with E-state index in [0.29, 0.717) is 32.4 Å². The molecule has 0 spiro atoms. The Labute approximate surface area is 191 Å². The lowest BCUT2D eigenvalue weighted by molar-refractivity contribution is -0.152. The highest BCUT2D eigenvalue weighted by Crippen LogP contribution is 2.44. The van der Waals surface area contributed by atoms with Crippen molar-refractivity contribution in [3.63, 3.8) is 0 Å². The Kier molecular flexibility index (Phi) is 5.76. The van der Waals surface area contributed by atoms with E-state index in [-0.39, 0.29) is 18.4 Å². The summed E-state index contributed by atoms with van der Waals surface area (Å²) in [7, 11) is 0. The van der Waals surface area contributed by atoms with E-state index in [9.17, 15) is 19.5 Å². The van der Waals surface area contributed by atoms with E-state index >= 15 is 0 Å². The zero-order chi connectivity index (χ0) is 22.9. The van der Waals surface area contributed by atoms with E-state index in [0.717, 1.165) is 22.3 Å². The van der Waals surface area contributed by atoms with Crippen LogP contribution in [0.25, 0.3) is 11.1 Å². The maximum absolute atomic E-state index is 12.9. The van der Waals surface area contributed by atoms with E-state index in [1.54, 1.807) is 0 Å². The van der Waals surface area contributed by atoms with E-state index in [1.807, 2.05) is 24.3 Å². The van der Waals surface area contributed by atoms with Crippen molar-refractivity contribution in [1.29, 1.82) is 0 Å². The SMILES string of the molecule is O=C(NC1CCOC1C(=O)N1CCC[C@@H]1C(=O)O)OCC1c2ccccc2-c2ccccc21. The van der Waals surface area contributed by atoms with Gasteiger partial charge in [-0.2, -0.15) is 0 Å². The molecule has 3 atom stereocenters. The molecule has 2 aromatic rings. The van der Waals surface area contributed by atoms with Gasteiger partial charge in [-0.3, -0.25) is 4.79 Å². The normalized spacial score (nSPS) is 23.8. The summed E-state index contributed by atoms with van der Waals surface area (Å²) < 4.78 is 11.2. The van der Waals surface area contributed by atoms with Crippen LogP contribution in [0.1, 0.15) is 36.3 Å². The first-order valence-electron chi connectivity index (χ1n) is 11.3. The molecule has 2 amide bonds. The molecular formula is C25H26N2O6. The summed E-state index contributed by atoms with van der Waals surface area (Å²) in [5.41, 5.74) is 4.54. The number of nitrogens with zero attached hydrogens (tertiary/aromatic N) is 1. The number of likely N-dealkylation sites (tertiary alicyclic amines) is 1. The van der Waals surface area contributed by atoms with Crippen LogP contribution in [-0.4, -0.2) is 65.9 Å². The Morgan fingerprint density at radius 3 is 2.36 bits per heavy atom. The highest BCUT2D eigenvalue weighted by molar-refractivity contribution is 5.88. The Morgan fingerprint density at radius 2 is 1.70 bits per heavy atom. The second kappa shape index (κ2) is 8.86. The smallest absolute Gasteiger partial charge is 0.407 e. The first-order valence-corrected chi connectivity index (χ1v) is 11.3. The number of nitrogens with one attached hydrogen (secondary N) is 1. The highest BCUT2D eigenvalue weighted by Gasteiger charge is 2.43. The van der Waals surface area contributed by atoms with E-state index in [4.69, 9.17) is 9.47 Å². The zero-order valence-corrected chi connectivity index (χ0v) is 18.1. The molecule has 2 unspecified atom stereocenters. The first-order chi connectivity index (χ1) is 16.0. The van der Waals surface area contributed by atoms with Crippen LogP contribution in [0, 0.1) is 0 Å². The Bertz CT molecular complexity index is 1040. The molecule has 2 aromatic carbocycles. The van der Waals surface area contributed by atoms with Crippen LogP contribution in [0.4, 0.5) is 4.79 Å². The van der Waals surface area contributed by atoms with Gasteiger partial charge in [0.05, 0.1) is 6.04 Å². The minimum absolute atomic E-state index is 0.0543. The van der Waals surface area contributed by atoms with Gasteiger partial charge in [-0.15, -0.1) is 0 Å². The first kappa shape index (κ1) is 21.5. The lowest BCUT2D eigenvalue weighted by atomic mass is 9.98. The standard InChI is InChI=1S/C25H26N2O6/c28-23(27-12-5-10-21(27)24(29)30)22-20(11-13-32-22)26-25(31)33-14-19-17-8-3-1-6-15(17)16-7-2-4-9-18(16)19/h1-4,6-9,19-22H,5,10-14H2,(H,26,31)(H,29,30)/t20?,21-,22?/m1/s1. The predicted octanol–water partition coefficient (Wildman–Crippen LogP) is 2.76. The van der Waals surface area contributed by atoms with Gasteiger partial charge in [-0.25, -0.2) is 9.59 Å². The molecule has 0 saturated carbocycles. The van der Waals surface area contributed by atoms with Gasteiger partial charge in [0.25, 0.3) is 5.91 Å². The molecule has 2 N–H and O–H groups in total. The van der Waals surface area contributed by atoms with Crippen molar-refractivity contribution < 1.29 is 29.0 Å². The second-order valence-corrected chi connectivity index (χ2v) is 8.68. The number of carbonyl (C=O) groups excluding carboxylic acids is 2. The number of carboxylic acid groups (broad SMARTS) is 1. The van der Waals surface area contributed by atoms with Gasteiger partial charge in [0, 0.05) is 19.1 Å². The summed E-state index contributed by atoms with van der Waals surface area (Å²) in [6.07, 6.45) is 0.0245. The van der Waals surface area contributed by atoms with Crippen molar-refractivity contribution in [3.05, 3.63) is 59.7 Å². The molecule has 0 radical (unpaired) electrons. The number of carbonyl (C=O) groups is 3. The van der Waals surface area contributed by atoms with Gasteiger partial charge in [0.2, 0.25) is 0 Å². The summed E-state index contributed by atoms with van der Waals surface area (Å²) in [6, 6.07) is 14.8. The molecule has 0 bridgehead atoms. The van der Waals surface area contributed by atoms with Crippen LogP contribution < -0.4 is 5.32 Å². The molecule has 1 aliphatic carbocycles. The van der Waals surface area contributed by atoms with Crippen molar-refractivity contribution >= 4 is 18.0 Å².